The van der Waals surface area contributed by atoms with Gasteiger partial charge in [-0.1, -0.05) is 20.3 Å². The van der Waals surface area contributed by atoms with Crippen LogP contribution < -0.4 is 0 Å². The van der Waals surface area contributed by atoms with Crippen molar-refractivity contribution in [1.29, 1.82) is 0 Å². The van der Waals surface area contributed by atoms with Gasteiger partial charge in [0, 0.05) is 18.4 Å². The van der Waals surface area contributed by atoms with Crippen LogP contribution in [-0.2, 0) is 24.1 Å². The molecule has 106 valence electrons. The Hall–Kier alpha value is -1.78. The van der Waals surface area contributed by atoms with E-state index in [1.165, 1.54) is 0 Å². The van der Waals surface area contributed by atoms with Gasteiger partial charge in [-0.15, -0.1) is 0 Å². The number of aryl methyl sites for hydroxylation is 2. The highest BCUT2D eigenvalue weighted by atomic mass is 16.4. The molecule has 2 N–H and O–H groups in total. The van der Waals surface area contributed by atoms with Crippen molar-refractivity contribution in [2.45, 2.75) is 52.4 Å². The van der Waals surface area contributed by atoms with Gasteiger partial charge in [0.25, 0.3) is 0 Å². The topological polar surface area (TPSA) is 87.7 Å². The number of rotatable bonds is 8. The molecule has 1 rings (SSSR count). The summed E-state index contributed by atoms with van der Waals surface area (Å²) < 4.78 is 5.61. The van der Waals surface area contributed by atoms with Crippen LogP contribution in [0, 0.1) is 0 Å². The average molecular weight is 268 g/mol. The summed E-state index contributed by atoms with van der Waals surface area (Å²) in [5, 5.41) is 18.0. The summed E-state index contributed by atoms with van der Waals surface area (Å²) in [6.45, 7) is 3.97. The van der Waals surface area contributed by atoms with Crippen molar-refractivity contribution in [3.05, 3.63) is 22.6 Å². The minimum atomic E-state index is -1.03. The van der Waals surface area contributed by atoms with Crippen molar-refractivity contribution in [3.8, 4) is 0 Å². The number of carboxylic acids is 2. The molecule has 0 spiro atoms. The van der Waals surface area contributed by atoms with Gasteiger partial charge in [0.05, 0.1) is 6.42 Å². The van der Waals surface area contributed by atoms with E-state index >= 15 is 0 Å². The summed E-state index contributed by atoms with van der Waals surface area (Å²) in [6.07, 6.45) is 3.02. The first-order valence-corrected chi connectivity index (χ1v) is 6.59. The van der Waals surface area contributed by atoms with Crippen molar-refractivity contribution >= 4 is 11.9 Å². The maximum Gasteiger partial charge on any atom is 0.339 e. The quantitative estimate of drug-likeness (QED) is 0.756. The lowest BCUT2D eigenvalue weighted by Crippen LogP contribution is -2.05. The molecule has 0 aliphatic rings. The Bertz CT molecular complexity index is 459. The highest BCUT2D eigenvalue weighted by molar-refractivity contribution is 5.91. The van der Waals surface area contributed by atoms with Crippen LogP contribution in [0.15, 0.2) is 4.42 Å². The van der Waals surface area contributed by atoms with E-state index in [0.717, 1.165) is 18.4 Å². The highest BCUT2D eigenvalue weighted by Gasteiger charge is 2.24. The highest BCUT2D eigenvalue weighted by Crippen LogP contribution is 2.27. The minimum absolute atomic E-state index is 0.120. The number of aromatic carboxylic acids is 1. The Balaban J connectivity index is 3.16. The van der Waals surface area contributed by atoms with Crippen molar-refractivity contribution in [3.63, 3.8) is 0 Å². The van der Waals surface area contributed by atoms with E-state index in [4.69, 9.17) is 9.52 Å². The van der Waals surface area contributed by atoms with Gasteiger partial charge in [0.2, 0.25) is 0 Å². The van der Waals surface area contributed by atoms with Crippen LogP contribution in [0.2, 0.25) is 0 Å². The van der Waals surface area contributed by atoms with Crippen LogP contribution >= 0.6 is 0 Å². The molecule has 1 aromatic heterocycles. The van der Waals surface area contributed by atoms with Gasteiger partial charge in [-0.3, -0.25) is 4.79 Å². The van der Waals surface area contributed by atoms with Crippen LogP contribution in [0.1, 0.15) is 60.6 Å². The Morgan fingerprint density at radius 2 is 1.63 bits per heavy atom. The summed E-state index contributed by atoms with van der Waals surface area (Å²) in [5.41, 5.74) is 0.906. The summed E-state index contributed by atoms with van der Waals surface area (Å²) >= 11 is 0. The summed E-state index contributed by atoms with van der Waals surface area (Å²) in [7, 11) is 0. The number of carbonyl (C=O) groups is 2. The Labute approximate surface area is 112 Å². The number of hydrogen-bond donors (Lipinski definition) is 2. The smallest absolute Gasteiger partial charge is 0.339 e. The van der Waals surface area contributed by atoms with Gasteiger partial charge in [-0.2, -0.15) is 0 Å². The lowest BCUT2D eigenvalue weighted by atomic mass is 10.0. The molecular weight excluding hydrogens is 248 g/mol. The van der Waals surface area contributed by atoms with Crippen LogP contribution in [0.5, 0.6) is 0 Å². The van der Waals surface area contributed by atoms with Gasteiger partial charge in [0.1, 0.15) is 17.1 Å². The fraction of sp³-hybridized carbons (Fsp3) is 0.571. The first-order chi connectivity index (χ1) is 9.01. The monoisotopic (exact) mass is 268 g/mol. The first-order valence-electron chi connectivity index (χ1n) is 6.59. The van der Waals surface area contributed by atoms with Crippen LogP contribution in [0.25, 0.3) is 0 Å². The lowest BCUT2D eigenvalue weighted by Gasteiger charge is -2.00. The van der Waals surface area contributed by atoms with Crippen molar-refractivity contribution in [1.82, 2.24) is 0 Å². The first kappa shape index (κ1) is 15.3. The van der Waals surface area contributed by atoms with Gasteiger partial charge >= 0.3 is 11.9 Å². The van der Waals surface area contributed by atoms with E-state index < -0.39 is 11.9 Å². The molecule has 19 heavy (non-hydrogen) atoms. The molecule has 0 amide bonds. The molecule has 1 heterocycles. The molecule has 0 aliphatic carbocycles. The third kappa shape index (κ3) is 3.84. The van der Waals surface area contributed by atoms with Gasteiger partial charge in [-0.05, 0) is 12.8 Å². The predicted octanol–water partition coefficient (Wildman–Crippen LogP) is 2.90. The van der Waals surface area contributed by atoms with E-state index in [1.807, 2.05) is 13.8 Å². The zero-order valence-electron chi connectivity index (χ0n) is 11.4. The molecule has 0 saturated carbocycles. The lowest BCUT2D eigenvalue weighted by molar-refractivity contribution is -0.137. The molecule has 0 bridgehead atoms. The fourth-order valence-electron chi connectivity index (χ4n) is 2.16. The van der Waals surface area contributed by atoms with E-state index in [2.05, 4.69) is 0 Å². The number of hydrogen-bond acceptors (Lipinski definition) is 3. The SMILES string of the molecule is CCCc1oc(CCC(=O)O)c(C(=O)O)c1CCC. The summed E-state index contributed by atoms with van der Waals surface area (Å²) in [5.74, 6) is -0.999. The number of furan rings is 1. The van der Waals surface area contributed by atoms with Crippen molar-refractivity contribution in [2.24, 2.45) is 0 Å². The molecule has 5 heteroatoms. The molecule has 5 nitrogen and oxygen atoms in total. The summed E-state index contributed by atoms with van der Waals surface area (Å²) in [6, 6.07) is 0. The molecule has 1 aromatic rings. The van der Waals surface area contributed by atoms with Gasteiger partial charge < -0.3 is 14.6 Å². The number of carboxylic acid groups (broad SMARTS) is 2. The third-order valence-electron chi connectivity index (χ3n) is 2.92. The van der Waals surface area contributed by atoms with Crippen molar-refractivity contribution in [2.75, 3.05) is 0 Å². The molecule has 0 radical (unpaired) electrons. The minimum Gasteiger partial charge on any atom is -0.481 e. The Morgan fingerprint density at radius 1 is 1.00 bits per heavy atom. The van der Waals surface area contributed by atoms with E-state index in [-0.39, 0.29) is 18.4 Å². The van der Waals surface area contributed by atoms with E-state index in [1.54, 1.807) is 0 Å². The van der Waals surface area contributed by atoms with Crippen LogP contribution in [0.3, 0.4) is 0 Å². The largest absolute Gasteiger partial charge is 0.481 e. The molecule has 0 aliphatic heterocycles. The van der Waals surface area contributed by atoms with Crippen molar-refractivity contribution < 1.29 is 24.2 Å². The van der Waals surface area contributed by atoms with Gasteiger partial charge in [0.15, 0.2) is 0 Å². The molecule has 0 aromatic carbocycles. The Kier molecular flexibility index (Phi) is 5.60. The zero-order chi connectivity index (χ0) is 14.4. The number of aliphatic carboxylic acids is 1. The van der Waals surface area contributed by atoms with Gasteiger partial charge in [-0.25, -0.2) is 4.79 Å². The molecule has 0 fully saturated rings. The molecule has 0 unspecified atom stereocenters. The molecular formula is C14H20O5. The summed E-state index contributed by atoms with van der Waals surface area (Å²) in [4.78, 5) is 22.0. The zero-order valence-corrected chi connectivity index (χ0v) is 11.4. The van der Waals surface area contributed by atoms with E-state index in [9.17, 15) is 14.7 Å². The fourth-order valence-corrected chi connectivity index (χ4v) is 2.16. The maximum atomic E-state index is 11.4. The molecule has 0 saturated heterocycles. The predicted molar refractivity (Wildman–Crippen MR) is 69.6 cm³/mol. The molecule has 0 atom stereocenters. The second-order valence-corrected chi connectivity index (χ2v) is 4.50. The Morgan fingerprint density at radius 3 is 2.11 bits per heavy atom. The van der Waals surface area contributed by atoms with Crippen LogP contribution in [0.4, 0.5) is 0 Å². The average Bonchev–Trinajstić information content (AvgIpc) is 2.66. The van der Waals surface area contributed by atoms with Crippen LogP contribution in [-0.4, -0.2) is 22.2 Å². The van der Waals surface area contributed by atoms with E-state index in [0.29, 0.717) is 24.4 Å². The normalized spacial score (nSPS) is 10.6. The maximum absolute atomic E-state index is 11.4. The second-order valence-electron chi connectivity index (χ2n) is 4.50. The second kappa shape index (κ2) is 6.97. The third-order valence-corrected chi connectivity index (χ3v) is 2.92. The standard InChI is InChI=1S/C14H20O5/c1-3-5-9-10(6-4-2)19-11(7-8-12(15)16)13(9)14(17)18/h3-8H2,1-2H3,(H,15,16)(H,17,18).